The molecule has 1 aliphatic carbocycles. The molecule has 0 aliphatic heterocycles. The van der Waals surface area contributed by atoms with E-state index in [4.69, 9.17) is 13.9 Å². The van der Waals surface area contributed by atoms with Crippen LogP contribution in [0.2, 0.25) is 18.1 Å². The van der Waals surface area contributed by atoms with Crippen LogP contribution in [0.15, 0.2) is 67.0 Å². The molecule has 2 aromatic carbocycles. The van der Waals surface area contributed by atoms with Gasteiger partial charge in [0.05, 0.1) is 24.5 Å². The number of amides is 1. The van der Waals surface area contributed by atoms with E-state index in [0.717, 1.165) is 24.3 Å². The van der Waals surface area contributed by atoms with Gasteiger partial charge in [-0.05, 0) is 92.3 Å². The highest BCUT2D eigenvalue weighted by Crippen LogP contribution is 2.40. The van der Waals surface area contributed by atoms with Gasteiger partial charge in [-0.2, -0.15) is 0 Å². The van der Waals surface area contributed by atoms with Gasteiger partial charge >= 0.3 is 0 Å². The van der Waals surface area contributed by atoms with E-state index in [-0.39, 0.29) is 17.0 Å². The molecule has 0 saturated heterocycles. The van der Waals surface area contributed by atoms with Crippen LogP contribution in [0.1, 0.15) is 56.8 Å². The zero-order valence-corrected chi connectivity index (χ0v) is 23.8. The van der Waals surface area contributed by atoms with Crippen molar-refractivity contribution in [2.75, 3.05) is 12.0 Å². The Morgan fingerprint density at radius 1 is 0.973 bits per heavy atom. The summed E-state index contributed by atoms with van der Waals surface area (Å²) >= 11 is 0. The van der Waals surface area contributed by atoms with Crippen LogP contribution in [-0.4, -0.2) is 32.4 Å². The lowest BCUT2D eigenvalue weighted by Crippen LogP contribution is -2.43. The van der Waals surface area contributed by atoms with Crippen molar-refractivity contribution in [1.82, 2.24) is 4.98 Å². The number of methoxy groups -OCH3 is 1. The Morgan fingerprint density at radius 3 is 2.24 bits per heavy atom. The zero-order valence-electron chi connectivity index (χ0n) is 22.8. The second-order valence-electron chi connectivity index (χ2n) is 11.1. The summed E-state index contributed by atoms with van der Waals surface area (Å²) in [6.07, 6.45) is 7.81. The summed E-state index contributed by atoms with van der Waals surface area (Å²) in [6, 6.07) is 16.9. The number of anilines is 2. The van der Waals surface area contributed by atoms with E-state index < -0.39 is 8.32 Å². The second-order valence-corrected chi connectivity index (χ2v) is 15.8. The molecule has 7 heteroatoms. The first-order chi connectivity index (χ1) is 17.6. The Hall–Kier alpha value is -3.32. The van der Waals surface area contributed by atoms with E-state index in [1.165, 1.54) is 12.8 Å². The molecule has 0 unspecified atom stereocenters. The number of hydrogen-bond acceptors (Lipinski definition) is 5. The molecule has 4 rings (SSSR count). The van der Waals surface area contributed by atoms with Gasteiger partial charge in [-0.25, -0.2) is 0 Å². The van der Waals surface area contributed by atoms with Crippen molar-refractivity contribution >= 4 is 25.6 Å². The Labute approximate surface area is 221 Å². The molecule has 37 heavy (non-hydrogen) atoms. The molecular weight excluding hydrogens is 480 g/mol. The molecule has 1 aliphatic rings. The van der Waals surface area contributed by atoms with E-state index in [2.05, 4.69) is 38.8 Å². The van der Waals surface area contributed by atoms with Crippen molar-refractivity contribution in [3.8, 4) is 17.2 Å². The highest BCUT2D eigenvalue weighted by molar-refractivity contribution is 6.74. The lowest BCUT2D eigenvalue weighted by molar-refractivity contribution is 0.0999. The molecule has 6 nitrogen and oxygen atoms in total. The maximum atomic E-state index is 13.8. The minimum Gasteiger partial charge on any atom is -0.544 e. The quantitative estimate of drug-likeness (QED) is 0.285. The third kappa shape index (κ3) is 6.16. The van der Waals surface area contributed by atoms with Crippen molar-refractivity contribution in [2.45, 2.75) is 70.7 Å². The van der Waals surface area contributed by atoms with Gasteiger partial charge in [-0.15, -0.1) is 0 Å². The summed E-state index contributed by atoms with van der Waals surface area (Å²) < 4.78 is 18.4. The Balaban J connectivity index is 1.71. The molecule has 196 valence electrons. The zero-order chi connectivity index (χ0) is 26.6. The number of hydrogen-bond donors (Lipinski definition) is 0. The number of aromatic nitrogens is 1. The largest absolute Gasteiger partial charge is 0.544 e. The minimum atomic E-state index is -1.98. The van der Waals surface area contributed by atoms with Crippen LogP contribution in [0.4, 0.5) is 11.4 Å². The van der Waals surface area contributed by atoms with Gasteiger partial charge in [0.25, 0.3) is 5.91 Å². The van der Waals surface area contributed by atoms with Crippen molar-refractivity contribution in [3.05, 3.63) is 72.6 Å². The third-order valence-corrected chi connectivity index (χ3v) is 11.7. The van der Waals surface area contributed by atoms with E-state index in [1.54, 1.807) is 36.5 Å². The van der Waals surface area contributed by atoms with Gasteiger partial charge in [0, 0.05) is 24.1 Å². The predicted molar refractivity (Wildman–Crippen MR) is 151 cm³/mol. The smallest absolute Gasteiger partial charge is 0.264 e. The molecule has 1 saturated carbocycles. The first kappa shape index (κ1) is 26.7. The van der Waals surface area contributed by atoms with Gasteiger partial charge in [-0.1, -0.05) is 20.8 Å². The van der Waals surface area contributed by atoms with Crippen molar-refractivity contribution in [3.63, 3.8) is 0 Å². The summed E-state index contributed by atoms with van der Waals surface area (Å²) in [6.45, 7) is 11.1. The standard InChI is InChI=1S/C30H38N2O4Si/c1-30(2,3)37(5,6)36-26-16-13-23(14-17-26)32(29(33)22-10-9-19-31-21-22)24-15-18-27(34-4)28(20-24)35-25-11-7-8-12-25/h9-10,13-21,25H,7-8,11-12H2,1-6H3. The van der Waals surface area contributed by atoms with Crippen LogP contribution in [0.5, 0.6) is 17.2 Å². The molecule has 0 bridgehead atoms. The minimum absolute atomic E-state index is 0.0901. The van der Waals surface area contributed by atoms with Crippen molar-refractivity contribution < 1.29 is 18.7 Å². The van der Waals surface area contributed by atoms with E-state index in [9.17, 15) is 4.79 Å². The molecule has 1 heterocycles. The Bertz CT molecular complexity index is 1200. The van der Waals surface area contributed by atoms with Crippen molar-refractivity contribution in [1.29, 1.82) is 0 Å². The lowest BCUT2D eigenvalue weighted by Gasteiger charge is -2.36. The Morgan fingerprint density at radius 2 is 1.65 bits per heavy atom. The second kappa shape index (κ2) is 11.0. The van der Waals surface area contributed by atoms with Crippen LogP contribution in [-0.2, 0) is 0 Å². The van der Waals surface area contributed by atoms with Crippen LogP contribution in [0.25, 0.3) is 0 Å². The number of ether oxygens (including phenoxy) is 2. The third-order valence-electron chi connectivity index (χ3n) is 7.39. The molecular formula is C30H38N2O4Si. The summed E-state index contributed by atoms with van der Waals surface area (Å²) in [5.74, 6) is 1.93. The molecule has 0 radical (unpaired) electrons. The van der Waals surface area contributed by atoms with Crippen LogP contribution in [0, 0.1) is 0 Å². The molecule has 1 aromatic heterocycles. The molecule has 0 N–H and O–H groups in total. The number of nitrogens with zero attached hydrogens (tertiary/aromatic N) is 2. The molecule has 0 atom stereocenters. The van der Waals surface area contributed by atoms with E-state index >= 15 is 0 Å². The van der Waals surface area contributed by atoms with Gasteiger partial charge < -0.3 is 13.9 Å². The summed E-state index contributed by atoms with van der Waals surface area (Å²) in [4.78, 5) is 19.6. The van der Waals surface area contributed by atoms with E-state index in [0.29, 0.717) is 22.7 Å². The van der Waals surface area contributed by atoms with Gasteiger partial charge in [0.1, 0.15) is 5.75 Å². The number of pyridine rings is 1. The summed E-state index contributed by atoms with van der Waals surface area (Å²) in [5, 5.41) is 0.0901. The van der Waals surface area contributed by atoms with Crippen LogP contribution >= 0.6 is 0 Å². The van der Waals surface area contributed by atoms with Crippen molar-refractivity contribution in [2.24, 2.45) is 0 Å². The fourth-order valence-electron chi connectivity index (χ4n) is 4.20. The highest BCUT2D eigenvalue weighted by atomic mass is 28.4. The highest BCUT2D eigenvalue weighted by Gasteiger charge is 2.39. The lowest BCUT2D eigenvalue weighted by atomic mass is 10.1. The number of carbonyl (C=O) groups is 1. The van der Waals surface area contributed by atoms with Crippen LogP contribution < -0.4 is 18.8 Å². The number of rotatable bonds is 8. The van der Waals surface area contributed by atoms with Gasteiger partial charge in [0.2, 0.25) is 8.32 Å². The topological polar surface area (TPSA) is 60.9 Å². The average molecular weight is 519 g/mol. The molecule has 0 spiro atoms. The Kier molecular flexibility index (Phi) is 7.92. The fraction of sp³-hybridized carbons (Fsp3) is 0.400. The van der Waals surface area contributed by atoms with Gasteiger partial charge in [0.15, 0.2) is 11.5 Å². The monoisotopic (exact) mass is 518 g/mol. The molecule has 3 aromatic rings. The van der Waals surface area contributed by atoms with Gasteiger partial charge in [-0.3, -0.25) is 14.7 Å². The summed E-state index contributed by atoms with van der Waals surface area (Å²) in [7, 11) is -0.349. The fourth-order valence-corrected chi connectivity index (χ4v) is 5.23. The van der Waals surface area contributed by atoms with E-state index in [1.807, 2.05) is 42.5 Å². The average Bonchev–Trinajstić information content (AvgIpc) is 3.38. The first-order valence-electron chi connectivity index (χ1n) is 13.0. The number of benzene rings is 2. The maximum absolute atomic E-state index is 13.8. The normalized spacial score (nSPS) is 14.3. The maximum Gasteiger partial charge on any atom is 0.264 e. The first-order valence-corrected chi connectivity index (χ1v) is 15.9. The predicted octanol–water partition coefficient (Wildman–Crippen LogP) is 7.77. The molecule has 1 fully saturated rings. The molecule has 1 amide bonds. The summed E-state index contributed by atoms with van der Waals surface area (Å²) in [5.41, 5.74) is 1.92. The van der Waals surface area contributed by atoms with Crippen LogP contribution in [0.3, 0.4) is 0 Å². The SMILES string of the molecule is COc1ccc(N(C(=O)c2cccnc2)c2ccc(O[Si](C)(C)C(C)(C)C)cc2)cc1OC1CCCC1. The number of carbonyl (C=O) groups excluding carboxylic acids is 1.